The van der Waals surface area contributed by atoms with E-state index < -0.39 is 23.9 Å². The molecule has 1 aliphatic carbocycles. The maximum Gasteiger partial charge on any atom is 0.411 e. The summed E-state index contributed by atoms with van der Waals surface area (Å²) in [7, 11) is 0. The summed E-state index contributed by atoms with van der Waals surface area (Å²) >= 11 is 3.32. The highest BCUT2D eigenvalue weighted by atomic mass is 79.9. The van der Waals surface area contributed by atoms with E-state index in [0.717, 1.165) is 22.3 Å². The molecule has 0 saturated carbocycles. The number of amides is 2. The number of carbonyl (C=O) groups is 3. The standard InChI is InChI=1S/C26H23BrN2O5/c1-15(25(31)32)13-28-24(30)21-12-16(10-11-23(21)27)29-26(33)34-14-22-19-8-4-2-6-17(19)18-7-3-5-9-20(18)22/h2-12,15,22H,13-14H2,1H3,(H,28,30)(H,29,33)(H,31,32). The van der Waals surface area contributed by atoms with E-state index in [9.17, 15) is 14.4 Å². The highest BCUT2D eigenvalue weighted by Crippen LogP contribution is 2.44. The summed E-state index contributed by atoms with van der Waals surface area (Å²) in [6.07, 6.45) is -0.630. The van der Waals surface area contributed by atoms with Gasteiger partial charge >= 0.3 is 12.1 Å². The van der Waals surface area contributed by atoms with Crippen LogP contribution in [0.2, 0.25) is 0 Å². The number of benzene rings is 3. The van der Waals surface area contributed by atoms with E-state index in [4.69, 9.17) is 9.84 Å². The first kappa shape index (κ1) is 23.5. The number of nitrogens with one attached hydrogen (secondary N) is 2. The van der Waals surface area contributed by atoms with Crippen LogP contribution in [-0.2, 0) is 9.53 Å². The van der Waals surface area contributed by atoms with Gasteiger partial charge in [0.05, 0.1) is 11.5 Å². The van der Waals surface area contributed by atoms with Crippen molar-refractivity contribution in [1.29, 1.82) is 0 Å². The molecule has 0 radical (unpaired) electrons. The van der Waals surface area contributed by atoms with Crippen LogP contribution in [0.5, 0.6) is 0 Å². The van der Waals surface area contributed by atoms with Crippen molar-refractivity contribution in [2.75, 3.05) is 18.5 Å². The molecule has 1 aliphatic rings. The van der Waals surface area contributed by atoms with Crippen LogP contribution in [0.15, 0.2) is 71.2 Å². The number of aliphatic carboxylic acids is 1. The number of ether oxygens (including phenoxy) is 1. The zero-order chi connectivity index (χ0) is 24.2. The predicted octanol–water partition coefficient (Wildman–Crippen LogP) is 5.26. The lowest BCUT2D eigenvalue weighted by molar-refractivity contribution is -0.140. The Bertz CT molecular complexity index is 1210. The van der Waals surface area contributed by atoms with Crippen molar-refractivity contribution < 1.29 is 24.2 Å². The number of halogens is 1. The van der Waals surface area contributed by atoms with Crippen molar-refractivity contribution in [3.63, 3.8) is 0 Å². The van der Waals surface area contributed by atoms with E-state index in [1.165, 1.54) is 13.0 Å². The number of carboxylic acid groups (broad SMARTS) is 1. The molecule has 1 atom stereocenters. The topological polar surface area (TPSA) is 105 Å². The lowest BCUT2D eigenvalue weighted by Crippen LogP contribution is -2.31. The molecule has 0 spiro atoms. The molecule has 3 N–H and O–H groups in total. The molecular weight excluding hydrogens is 500 g/mol. The Labute approximate surface area is 205 Å². The number of fused-ring (bicyclic) bond motifs is 3. The van der Waals surface area contributed by atoms with E-state index >= 15 is 0 Å². The number of hydrogen-bond acceptors (Lipinski definition) is 4. The van der Waals surface area contributed by atoms with Gasteiger partial charge in [-0.25, -0.2) is 4.79 Å². The van der Waals surface area contributed by atoms with Crippen LogP contribution in [-0.4, -0.2) is 36.2 Å². The molecule has 174 valence electrons. The average Bonchev–Trinajstić information content (AvgIpc) is 3.16. The van der Waals surface area contributed by atoms with Gasteiger partial charge in [-0.1, -0.05) is 55.5 Å². The number of carbonyl (C=O) groups excluding carboxylic acids is 2. The highest BCUT2D eigenvalue weighted by molar-refractivity contribution is 9.10. The van der Waals surface area contributed by atoms with Gasteiger partial charge in [0.25, 0.3) is 5.91 Å². The zero-order valence-electron chi connectivity index (χ0n) is 18.4. The maximum atomic E-state index is 12.5. The molecule has 0 heterocycles. The lowest BCUT2D eigenvalue weighted by atomic mass is 9.98. The number of hydrogen-bond donors (Lipinski definition) is 3. The fourth-order valence-electron chi connectivity index (χ4n) is 3.96. The fourth-order valence-corrected chi connectivity index (χ4v) is 4.38. The molecule has 8 heteroatoms. The summed E-state index contributed by atoms with van der Waals surface area (Å²) in [6.45, 7) is 1.67. The summed E-state index contributed by atoms with van der Waals surface area (Å²) < 4.78 is 6.07. The Hall–Kier alpha value is -3.65. The first-order valence-electron chi connectivity index (χ1n) is 10.8. The largest absolute Gasteiger partial charge is 0.481 e. The van der Waals surface area contributed by atoms with Crippen molar-refractivity contribution in [2.24, 2.45) is 5.92 Å². The third kappa shape index (κ3) is 4.97. The van der Waals surface area contributed by atoms with Gasteiger partial charge in [-0.15, -0.1) is 0 Å². The quantitative estimate of drug-likeness (QED) is 0.392. The van der Waals surface area contributed by atoms with Gasteiger partial charge in [-0.3, -0.25) is 14.9 Å². The van der Waals surface area contributed by atoms with Crippen LogP contribution in [0, 0.1) is 5.92 Å². The first-order chi connectivity index (χ1) is 16.3. The molecule has 3 aromatic carbocycles. The van der Waals surface area contributed by atoms with Gasteiger partial charge in [0.1, 0.15) is 6.61 Å². The second kappa shape index (κ2) is 10.1. The average molecular weight is 523 g/mol. The van der Waals surface area contributed by atoms with Crippen LogP contribution in [0.1, 0.15) is 34.3 Å². The Morgan fingerprint density at radius 1 is 1.00 bits per heavy atom. The van der Waals surface area contributed by atoms with E-state index in [2.05, 4.69) is 38.7 Å². The predicted molar refractivity (Wildman–Crippen MR) is 132 cm³/mol. The number of anilines is 1. The van der Waals surface area contributed by atoms with Crippen LogP contribution in [0.25, 0.3) is 11.1 Å². The molecule has 1 unspecified atom stereocenters. The summed E-state index contributed by atoms with van der Waals surface area (Å²) in [5.74, 6) is -2.22. The van der Waals surface area contributed by atoms with Crippen molar-refractivity contribution in [3.8, 4) is 11.1 Å². The second-order valence-electron chi connectivity index (χ2n) is 8.09. The zero-order valence-corrected chi connectivity index (χ0v) is 20.0. The van der Waals surface area contributed by atoms with Crippen LogP contribution < -0.4 is 10.6 Å². The fraction of sp³-hybridized carbons (Fsp3) is 0.192. The summed E-state index contributed by atoms with van der Waals surface area (Å²) in [5, 5.41) is 14.2. The minimum absolute atomic E-state index is 0.00928. The summed E-state index contributed by atoms with van der Waals surface area (Å²) in [6, 6.07) is 21.0. The first-order valence-corrected chi connectivity index (χ1v) is 11.6. The molecule has 7 nitrogen and oxygen atoms in total. The molecule has 3 aromatic rings. The molecule has 2 amide bonds. The second-order valence-corrected chi connectivity index (χ2v) is 8.95. The van der Waals surface area contributed by atoms with E-state index in [-0.39, 0.29) is 24.6 Å². The van der Waals surface area contributed by atoms with Gasteiger partial charge in [0.2, 0.25) is 0 Å². The Morgan fingerprint density at radius 3 is 2.24 bits per heavy atom. The molecule has 4 rings (SSSR count). The molecule has 0 aromatic heterocycles. The van der Waals surface area contributed by atoms with Crippen molar-refractivity contribution in [3.05, 3.63) is 87.9 Å². The van der Waals surface area contributed by atoms with Gasteiger partial charge in [0.15, 0.2) is 0 Å². The number of rotatable bonds is 7. The Morgan fingerprint density at radius 2 is 1.62 bits per heavy atom. The third-order valence-corrected chi connectivity index (χ3v) is 6.48. The molecule has 0 aliphatic heterocycles. The molecule has 0 fully saturated rings. The van der Waals surface area contributed by atoms with Crippen LogP contribution in [0.4, 0.5) is 10.5 Å². The van der Waals surface area contributed by atoms with Crippen molar-refractivity contribution in [2.45, 2.75) is 12.8 Å². The smallest absolute Gasteiger partial charge is 0.411 e. The minimum atomic E-state index is -0.995. The van der Waals surface area contributed by atoms with E-state index in [1.807, 2.05) is 36.4 Å². The van der Waals surface area contributed by atoms with Gasteiger partial charge in [0, 0.05) is 22.6 Å². The monoisotopic (exact) mass is 522 g/mol. The van der Waals surface area contributed by atoms with Crippen LogP contribution >= 0.6 is 15.9 Å². The lowest BCUT2D eigenvalue weighted by Gasteiger charge is -2.15. The van der Waals surface area contributed by atoms with Gasteiger partial charge in [-0.05, 0) is 56.4 Å². The van der Waals surface area contributed by atoms with E-state index in [1.54, 1.807) is 12.1 Å². The molecular formula is C26H23BrN2O5. The summed E-state index contributed by atoms with van der Waals surface area (Å²) in [4.78, 5) is 36.0. The van der Waals surface area contributed by atoms with E-state index in [0.29, 0.717) is 10.2 Å². The minimum Gasteiger partial charge on any atom is -0.481 e. The Kier molecular flexibility index (Phi) is 6.98. The van der Waals surface area contributed by atoms with Crippen molar-refractivity contribution >= 4 is 39.6 Å². The van der Waals surface area contributed by atoms with Gasteiger partial charge in [-0.2, -0.15) is 0 Å². The normalized spacial score (nSPS) is 12.9. The van der Waals surface area contributed by atoms with Crippen molar-refractivity contribution in [1.82, 2.24) is 5.32 Å². The molecule has 0 bridgehead atoms. The summed E-state index contributed by atoms with van der Waals surface area (Å²) in [5.41, 5.74) is 5.19. The number of carboxylic acids is 1. The van der Waals surface area contributed by atoms with Gasteiger partial charge < -0.3 is 15.2 Å². The Balaban J connectivity index is 1.41. The SMILES string of the molecule is CC(CNC(=O)c1cc(NC(=O)OCC2c3ccccc3-c3ccccc32)ccc1Br)C(=O)O. The van der Waals surface area contributed by atoms with Crippen LogP contribution in [0.3, 0.4) is 0 Å². The molecule has 34 heavy (non-hydrogen) atoms. The molecule has 0 saturated heterocycles. The highest BCUT2D eigenvalue weighted by Gasteiger charge is 2.29. The maximum absolute atomic E-state index is 12.5. The third-order valence-electron chi connectivity index (χ3n) is 5.79.